The number of anilines is 1. The highest BCUT2D eigenvalue weighted by atomic mass is 16.2. The molecule has 1 saturated heterocycles. The summed E-state index contributed by atoms with van der Waals surface area (Å²) in [5.74, 6) is -1.04. The summed E-state index contributed by atoms with van der Waals surface area (Å²) >= 11 is 0. The number of aryl methyl sites for hydroxylation is 4. The van der Waals surface area contributed by atoms with Crippen LogP contribution in [0.1, 0.15) is 71.7 Å². The first kappa shape index (κ1) is 27.5. The van der Waals surface area contributed by atoms with E-state index in [-0.39, 0.29) is 11.8 Å². The van der Waals surface area contributed by atoms with E-state index in [2.05, 4.69) is 74.1 Å². The number of aromatic amines is 2. The van der Waals surface area contributed by atoms with Crippen LogP contribution in [0, 0.1) is 25.7 Å². The van der Waals surface area contributed by atoms with E-state index in [1.165, 1.54) is 27.2 Å². The largest absolute Gasteiger partial charge is 0.355 e. The summed E-state index contributed by atoms with van der Waals surface area (Å²) in [6.45, 7) is 8.64. The fourth-order valence-electron chi connectivity index (χ4n) is 7.71. The number of aromatic nitrogens is 4. The third kappa shape index (κ3) is 4.25. The minimum absolute atomic E-state index is 0.116. The zero-order valence-corrected chi connectivity index (χ0v) is 26.0. The number of H-pyrrole nitrogens is 2. The van der Waals surface area contributed by atoms with Crippen molar-refractivity contribution in [2.45, 2.75) is 53.4 Å². The van der Waals surface area contributed by atoms with Gasteiger partial charge < -0.3 is 9.97 Å². The lowest BCUT2D eigenvalue weighted by Gasteiger charge is -2.23. The lowest BCUT2D eigenvalue weighted by molar-refractivity contribution is -0.122. The number of carbonyl (C=O) groups is 2. The van der Waals surface area contributed by atoms with Crippen LogP contribution in [-0.2, 0) is 22.4 Å². The number of para-hydroxylation sites is 1. The van der Waals surface area contributed by atoms with Crippen molar-refractivity contribution in [1.82, 2.24) is 19.9 Å². The zero-order chi connectivity index (χ0) is 31.0. The molecule has 224 valence electrons. The molecule has 2 atom stereocenters. The predicted molar refractivity (Wildman–Crippen MR) is 180 cm³/mol. The van der Waals surface area contributed by atoms with Gasteiger partial charge in [0, 0.05) is 22.1 Å². The predicted octanol–water partition coefficient (Wildman–Crippen LogP) is 7.74. The molecule has 1 aliphatic carbocycles. The van der Waals surface area contributed by atoms with Crippen LogP contribution in [0.15, 0.2) is 54.6 Å². The molecule has 4 aromatic rings. The second kappa shape index (κ2) is 10.3. The Morgan fingerprint density at radius 3 is 1.64 bits per heavy atom. The van der Waals surface area contributed by atoms with Gasteiger partial charge in [-0.05, 0) is 121 Å². The molecule has 2 amide bonds. The van der Waals surface area contributed by atoms with Crippen molar-refractivity contribution in [2.24, 2.45) is 11.8 Å². The van der Waals surface area contributed by atoms with Gasteiger partial charge in [0.25, 0.3) is 0 Å². The normalized spacial score (nSPS) is 19.0. The molecule has 8 rings (SSSR count). The van der Waals surface area contributed by atoms with Crippen LogP contribution in [0.5, 0.6) is 0 Å². The Morgan fingerprint density at radius 1 is 0.689 bits per heavy atom. The first-order valence-corrected chi connectivity index (χ1v) is 15.9. The van der Waals surface area contributed by atoms with E-state index >= 15 is 0 Å². The van der Waals surface area contributed by atoms with Crippen molar-refractivity contribution < 1.29 is 9.59 Å². The van der Waals surface area contributed by atoms with Crippen LogP contribution in [0.4, 0.5) is 5.69 Å². The number of fused-ring (bicyclic) bond motifs is 11. The summed E-state index contributed by atoms with van der Waals surface area (Å²) in [6.07, 6.45) is 6.83. The number of hydrogen-bond acceptors (Lipinski definition) is 4. The summed E-state index contributed by atoms with van der Waals surface area (Å²) in [5, 5.41) is 0. The molecule has 0 radical (unpaired) electrons. The van der Waals surface area contributed by atoms with Gasteiger partial charge in [0.1, 0.15) is 0 Å². The van der Waals surface area contributed by atoms with E-state index in [1.54, 1.807) is 0 Å². The Kier molecular flexibility index (Phi) is 6.27. The van der Waals surface area contributed by atoms with Gasteiger partial charge in [-0.15, -0.1) is 0 Å². The quantitative estimate of drug-likeness (QED) is 0.209. The summed E-state index contributed by atoms with van der Waals surface area (Å²) in [4.78, 5) is 46.5. The number of rotatable bonds is 3. The molecule has 2 N–H and O–H groups in total. The van der Waals surface area contributed by atoms with Gasteiger partial charge in [0.2, 0.25) is 11.8 Å². The fraction of sp³-hybridized carbons (Fsp3) is 0.263. The second-order valence-corrected chi connectivity index (χ2v) is 12.5. The third-order valence-electron chi connectivity index (χ3n) is 10.1. The van der Waals surface area contributed by atoms with E-state index in [0.29, 0.717) is 18.5 Å². The van der Waals surface area contributed by atoms with Crippen LogP contribution in [0.2, 0.25) is 0 Å². The van der Waals surface area contributed by atoms with Crippen molar-refractivity contribution in [3.8, 4) is 0 Å². The number of nitrogens with one attached hydrogen (secondary N) is 2. The Balaban J connectivity index is 1.38. The molecule has 1 aromatic carbocycles. The number of imide groups is 1. The molecule has 45 heavy (non-hydrogen) atoms. The third-order valence-corrected chi connectivity index (χ3v) is 10.1. The average molecular weight is 594 g/mol. The van der Waals surface area contributed by atoms with E-state index in [1.807, 2.05) is 30.3 Å². The Bertz CT molecular complexity index is 2040. The molecule has 2 unspecified atom stereocenters. The molecule has 6 heterocycles. The highest BCUT2D eigenvalue weighted by Gasteiger charge is 2.51. The van der Waals surface area contributed by atoms with Gasteiger partial charge in [-0.2, -0.15) is 0 Å². The first-order valence-electron chi connectivity index (χ1n) is 15.9. The summed E-state index contributed by atoms with van der Waals surface area (Å²) in [5.41, 5.74) is 15.3. The lowest BCUT2D eigenvalue weighted by Crippen LogP contribution is -2.30. The van der Waals surface area contributed by atoms with Crippen LogP contribution in [-0.4, -0.2) is 31.8 Å². The van der Waals surface area contributed by atoms with Crippen LogP contribution >= 0.6 is 0 Å². The van der Waals surface area contributed by atoms with E-state index in [9.17, 15) is 9.59 Å². The molecule has 7 heteroatoms. The number of nitrogens with zero attached hydrogens (tertiary/aromatic N) is 3. The van der Waals surface area contributed by atoms with Crippen LogP contribution in [0.3, 0.4) is 0 Å². The summed E-state index contributed by atoms with van der Waals surface area (Å²) in [6, 6.07) is 17.8. The summed E-state index contributed by atoms with van der Waals surface area (Å²) in [7, 11) is 0. The molecule has 8 bridgehead atoms. The van der Waals surface area contributed by atoms with Crippen molar-refractivity contribution in [2.75, 3.05) is 4.90 Å². The van der Waals surface area contributed by atoms with Crippen LogP contribution in [0.25, 0.3) is 45.4 Å². The number of amides is 2. The van der Waals surface area contributed by atoms with Crippen molar-refractivity contribution in [3.05, 3.63) is 99.6 Å². The van der Waals surface area contributed by atoms with E-state index in [4.69, 9.17) is 9.97 Å². The topological polar surface area (TPSA) is 94.7 Å². The van der Waals surface area contributed by atoms with Crippen molar-refractivity contribution in [3.63, 3.8) is 0 Å². The molecule has 1 fully saturated rings. The molecular formula is C38H35N5O2. The maximum absolute atomic E-state index is 13.8. The lowest BCUT2D eigenvalue weighted by atomic mass is 9.76. The van der Waals surface area contributed by atoms with Gasteiger partial charge in [-0.25, -0.2) is 9.97 Å². The second-order valence-electron chi connectivity index (χ2n) is 12.5. The first-order chi connectivity index (χ1) is 21.8. The van der Waals surface area contributed by atoms with Gasteiger partial charge in [0.15, 0.2) is 0 Å². The number of carbonyl (C=O) groups excluding carboxylic acids is 2. The molecule has 0 saturated carbocycles. The molecular weight excluding hydrogens is 558 g/mol. The minimum Gasteiger partial charge on any atom is -0.355 e. The molecule has 4 aliphatic rings. The zero-order valence-electron chi connectivity index (χ0n) is 26.0. The van der Waals surface area contributed by atoms with E-state index in [0.717, 1.165) is 68.8 Å². The van der Waals surface area contributed by atoms with Gasteiger partial charge in [-0.1, -0.05) is 32.0 Å². The van der Waals surface area contributed by atoms with E-state index < -0.39 is 11.8 Å². The Labute approximate surface area is 261 Å². The van der Waals surface area contributed by atoms with Gasteiger partial charge in [-0.3, -0.25) is 14.5 Å². The maximum Gasteiger partial charge on any atom is 0.238 e. The van der Waals surface area contributed by atoms with Crippen LogP contribution < -0.4 is 4.90 Å². The van der Waals surface area contributed by atoms with Gasteiger partial charge in [0.05, 0.1) is 40.3 Å². The SMILES string of the molecule is CCc1c(C)c2cc3nc(cc4[nH]c(cc5nc(cc1[nH]2)C1=C5CC2C(=O)N(c5ccccc5)C(=O)C2C1)c(CC)c4C)C=C3. The highest BCUT2D eigenvalue weighted by Crippen LogP contribution is 2.50. The van der Waals surface area contributed by atoms with Crippen molar-refractivity contribution in [1.29, 1.82) is 0 Å². The Hall–Kier alpha value is -5.04. The smallest absolute Gasteiger partial charge is 0.238 e. The number of hydrogen-bond donors (Lipinski definition) is 2. The molecule has 7 nitrogen and oxygen atoms in total. The summed E-state index contributed by atoms with van der Waals surface area (Å²) < 4.78 is 0. The standard InChI is InChI=1S/C38H35N5O2/c1-5-25-20(3)31-14-22-12-13-23(39-22)15-32-21(4)26(6-2)34(41-32)19-36-28-17-30-29(16-27(28)35(42-36)18-33(25)40-31)37(44)43(38(30)45)24-10-8-7-9-11-24/h7-15,18-19,29-30,40-41H,5-6,16-17H2,1-4H3. The van der Waals surface area contributed by atoms with Gasteiger partial charge >= 0.3 is 0 Å². The number of allylic oxidation sites excluding steroid dienone is 2. The molecule has 3 aliphatic heterocycles. The fourth-order valence-corrected chi connectivity index (χ4v) is 7.71. The molecule has 3 aromatic heterocycles. The van der Waals surface area contributed by atoms with Crippen molar-refractivity contribution >= 4 is 62.9 Å². The maximum atomic E-state index is 13.8. The molecule has 0 spiro atoms. The average Bonchev–Trinajstić information content (AvgIpc) is 3.82. The Morgan fingerprint density at radius 2 is 1.18 bits per heavy atom. The number of benzene rings is 1. The highest BCUT2D eigenvalue weighted by molar-refractivity contribution is 6.23. The monoisotopic (exact) mass is 593 g/mol. The minimum atomic E-state index is -0.402.